The van der Waals surface area contributed by atoms with Gasteiger partial charge in [-0.15, -0.1) is 0 Å². The third-order valence-electron chi connectivity index (χ3n) is 1.91. The molecule has 0 saturated heterocycles. The van der Waals surface area contributed by atoms with Crippen LogP contribution in [0.15, 0.2) is 16.6 Å². The number of fused-ring (bicyclic) bond motifs is 1. The van der Waals surface area contributed by atoms with Crippen LogP contribution in [0.3, 0.4) is 0 Å². The van der Waals surface area contributed by atoms with Crippen LogP contribution in [0.5, 0.6) is 0 Å². The van der Waals surface area contributed by atoms with Crippen molar-refractivity contribution >= 4 is 12.2 Å². The number of amides is 1. The first-order chi connectivity index (χ1) is 5.27. The number of carbonyl (C=O) groups excluding carboxylic acids is 1. The summed E-state index contributed by atoms with van der Waals surface area (Å²) in [5, 5.41) is 5.79. The van der Waals surface area contributed by atoms with E-state index in [0.717, 1.165) is 5.57 Å². The highest BCUT2D eigenvalue weighted by Gasteiger charge is 2.28. The van der Waals surface area contributed by atoms with Gasteiger partial charge in [-0.1, -0.05) is 0 Å². The highest BCUT2D eigenvalue weighted by atomic mass is 16.2. The minimum absolute atomic E-state index is 0.0212. The molecule has 2 unspecified atom stereocenters. The molecule has 0 aromatic carbocycles. The number of rotatable bonds is 0. The lowest BCUT2D eigenvalue weighted by molar-refractivity contribution is -0.118. The minimum Gasteiger partial charge on any atom is -0.366 e. The summed E-state index contributed by atoms with van der Waals surface area (Å²) >= 11 is 0. The number of hydrogen-bond donors (Lipinski definition) is 2. The van der Waals surface area contributed by atoms with Gasteiger partial charge in [0.2, 0.25) is 5.91 Å². The number of nitrogens with one attached hydrogen (secondary N) is 2. The molecule has 58 valence electrons. The predicted molar refractivity (Wildman–Crippen MR) is 41.1 cm³/mol. The first-order valence-electron chi connectivity index (χ1n) is 3.54. The number of carbonyl (C=O) groups is 1. The zero-order valence-corrected chi connectivity index (χ0v) is 6.16. The highest BCUT2D eigenvalue weighted by molar-refractivity contribution is 5.94. The second kappa shape index (κ2) is 2.08. The van der Waals surface area contributed by atoms with Crippen molar-refractivity contribution in [1.29, 1.82) is 0 Å². The summed E-state index contributed by atoms with van der Waals surface area (Å²) in [6.07, 6.45) is 3.44. The molecule has 0 spiro atoms. The van der Waals surface area contributed by atoms with Crippen molar-refractivity contribution in [2.75, 3.05) is 0 Å². The third-order valence-corrected chi connectivity index (χ3v) is 1.91. The van der Waals surface area contributed by atoms with Crippen molar-refractivity contribution < 1.29 is 4.79 Å². The van der Waals surface area contributed by atoms with Gasteiger partial charge in [0.1, 0.15) is 6.17 Å². The summed E-state index contributed by atoms with van der Waals surface area (Å²) in [5.74, 6) is -0.0212. The largest absolute Gasteiger partial charge is 0.366 e. The normalized spacial score (nSPS) is 33.9. The SMILES string of the molecule is CC1=CC2NC=NC2NC1=O. The van der Waals surface area contributed by atoms with Crippen LogP contribution in [0.2, 0.25) is 0 Å². The van der Waals surface area contributed by atoms with Gasteiger partial charge in [0.05, 0.1) is 12.4 Å². The Labute approximate surface area is 64.4 Å². The molecule has 4 nitrogen and oxygen atoms in total. The average molecular weight is 151 g/mol. The van der Waals surface area contributed by atoms with Crippen LogP contribution >= 0.6 is 0 Å². The average Bonchev–Trinajstić information content (AvgIpc) is 2.36. The summed E-state index contributed by atoms with van der Waals surface area (Å²) in [6.45, 7) is 1.80. The Hall–Kier alpha value is -1.32. The van der Waals surface area contributed by atoms with Crippen LogP contribution in [0.4, 0.5) is 0 Å². The third kappa shape index (κ3) is 0.906. The van der Waals surface area contributed by atoms with Gasteiger partial charge >= 0.3 is 0 Å². The van der Waals surface area contributed by atoms with E-state index in [1.807, 2.05) is 6.08 Å². The van der Waals surface area contributed by atoms with E-state index in [9.17, 15) is 4.79 Å². The van der Waals surface area contributed by atoms with E-state index in [4.69, 9.17) is 0 Å². The van der Waals surface area contributed by atoms with Crippen LogP contribution in [0.25, 0.3) is 0 Å². The van der Waals surface area contributed by atoms with Gasteiger partial charge in [0.15, 0.2) is 0 Å². The van der Waals surface area contributed by atoms with Gasteiger partial charge in [-0.05, 0) is 13.0 Å². The van der Waals surface area contributed by atoms with Gasteiger partial charge in [-0.3, -0.25) is 4.79 Å². The number of aliphatic imine (C=N–C) groups is 1. The second-order valence-electron chi connectivity index (χ2n) is 2.74. The van der Waals surface area contributed by atoms with E-state index in [-0.39, 0.29) is 18.1 Å². The van der Waals surface area contributed by atoms with Crippen molar-refractivity contribution in [3.8, 4) is 0 Å². The Balaban J connectivity index is 2.27. The van der Waals surface area contributed by atoms with Crippen molar-refractivity contribution in [3.05, 3.63) is 11.6 Å². The summed E-state index contributed by atoms with van der Waals surface area (Å²) in [6, 6.07) is 0.160. The standard InChI is InChI=1S/C7H9N3O/c1-4-2-5-6(9-3-8-5)10-7(4)11/h2-3,5-6H,1H3,(H,8,9)(H,10,11). The maximum atomic E-state index is 11.1. The fourth-order valence-corrected chi connectivity index (χ4v) is 1.25. The molecule has 0 aromatic rings. The van der Waals surface area contributed by atoms with E-state index in [1.165, 1.54) is 0 Å². The lowest BCUT2D eigenvalue weighted by Crippen LogP contribution is -2.47. The fraction of sp³-hybridized carbons (Fsp3) is 0.429. The number of nitrogens with zero attached hydrogens (tertiary/aromatic N) is 1. The minimum atomic E-state index is -0.0915. The molecule has 2 aliphatic rings. The molecule has 0 fully saturated rings. The lowest BCUT2D eigenvalue weighted by Gasteiger charge is -2.22. The van der Waals surface area contributed by atoms with Gasteiger partial charge in [0, 0.05) is 5.57 Å². The van der Waals surface area contributed by atoms with Crippen molar-refractivity contribution in [3.63, 3.8) is 0 Å². The Kier molecular flexibility index (Phi) is 1.21. The monoisotopic (exact) mass is 151 g/mol. The summed E-state index contributed by atoms with van der Waals surface area (Å²) in [5.41, 5.74) is 0.754. The maximum absolute atomic E-state index is 11.1. The van der Waals surface area contributed by atoms with Crippen LogP contribution < -0.4 is 10.6 Å². The van der Waals surface area contributed by atoms with Gasteiger partial charge in [-0.2, -0.15) is 0 Å². The van der Waals surface area contributed by atoms with Crippen LogP contribution in [0.1, 0.15) is 6.92 Å². The smallest absolute Gasteiger partial charge is 0.248 e. The first-order valence-corrected chi connectivity index (χ1v) is 3.54. The molecule has 0 aliphatic carbocycles. The van der Waals surface area contributed by atoms with Crippen LogP contribution in [-0.2, 0) is 4.79 Å². The molecule has 0 aromatic heterocycles. The topological polar surface area (TPSA) is 53.5 Å². The van der Waals surface area contributed by atoms with E-state index in [1.54, 1.807) is 13.3 Å². The Morgan fingerprint density at radius 3 is 3.27 bits per heavy atom. The van der Waals surface area contributed by atoms with Crippen molar-refractivity contribution in [2.45, 2.75) is 19.1 Å². The van der Waals surface area contributed by atoms with Crippen molar-refractivity contribution in [1.82, 2.24) is 10.6 Å². The summed E-state index contributed by atoms with van der Waals surface area (Å²) < 4.78 is 0. The molecule has 11 heavy (non-hydrogen) atoms. The molecule has 2 atom stereocenters. The van der Waals surface area contributed by atoms with E-state index >= 15 is 0 Å². The molecule has 0 radical (unpaired) electrons. The van der Waals surface area contributed by atoms with Crippen molar-refractivity contribution in [2.24, 2.45) is 4.99 Å². The zero-order valence-electron chi connectivity index (χ0n) is 6.16. The predicted octanol–water partition coefficient (Wildman–Crippen LogP) is -0.611. The van der Waals surface area contributed by atoms with Crippen LogP contribution in [0, 0.1) is 0 Å². The second-order valence-corrected chi connectivity index (χ2v) is 2.74. The Bertz CT molecular complexity index is 256. The van der Waals surface area contributed by atoms with E-state index < -0.39 is 0 Å². The quantitative estimate of drug-likeness (QED) is 0.485. The molecule has 0 bridgehead atoms. The lowest BCUT2D eigenvalue weighted by atomic mass is 10.1. The molecule has 2 N–H and O–H groups in total. The fourth-order valence-electron chi connectivity index (χ4n) is 1.25. The Morgan fingerprint density at radius 2 is 2.45 bits per heavy atom. The molecule has 1 amide bonds. The Morgan fingerprint density at radius 1 is 1.64 bits per heavy atom. The van der Waals surface area contributed by atoms with E-state index in [2.05, 4.69) is 15.6 Å². The zero-order chi connectivity index (χ0) is 7.84. The molecule has 2 rings (SSSR count). The summed E-state index contributed by atoms with van der Waals surface area (Å²) in [4.78, 5) is 15.1. The molecule has 2 heterocycles. The molecule has 4 heteroatoms. The van der Waals surface area contributed by atoms with Gasteiger partial charge in [0.25, 0.3) is 0 Å². The van der Waals surface area contributed by atoms with Crippen LogP contribution in [-0.4, -0.2) is 24.5 Å². The molecule has 2 aliphatic heterocycles. The van der Waals surface area contributed by atoms with Gasteiger partial charge in [-0.25, -0.2) is 4.99 Å². The first kappa shape index (κ1) is 6.39. The molecular formula is C7H9N3O. The number of hydrogen-bond acceptors (Lipinski definition) is 3. The molecule has 0 saturated carbocycles. The molecular weight excluding hydrogens is 142 g/mol. The summed E-state index contributed by atoms with van der Waals surface area (Å²) in [7, 11) is 0. The van der Waals surface area contributed by atoms with E-state index in [0.29, 0.717) is 0 Å². The highest BCUT2D eigenvalue weighted by Crippen LogP contribution is 2.11. The maximum Gasteiger partial charge on any atom is 0.248 e. The van der Waals surface area contributed by atoms with Gasteiger partial charge < -0.3 is 10.6 Å².